The number of unbranched alkanes of at least 4 members (excludes halogenated alkanes) is 10. The van der Waals surface area contributed by atoms with Crippen LogP contribution >= 0.6 is 0 Å². The highest BCUT2D eigenvalue weighted by atomic mass is 16.5. The van der Waals surface area contributed by atoms with Crippen molar-refractivity contribution in [3.8, 4) is 11.5 Å². The lowest BCUT2D eigenvalue weighted by Crippen LogP contribution is -2.14. The molecule has 0 saturated carbocycles. The second-order valence-electron chi connectivity index (χ2n) is 11.1. The predicted molar refractivity (Wildman–Crippen MR) is 158 cm³/mol. The number of hydrogen-bond donors (Lipinski definition) is 0. The first kappa shape index (κ1) is 32.8. The molecule has 0 aromatic heterocycles. The van der Waals surface area contributed by atoms with Gasteiger partial charge in [0, 0.05) is 0 Å². The van der Waals surface area contributed by atoms with Crippen LogP contribution in [0.3, 0.4) is 0 Å². The van der Waals surface area contributed by atoms with Crippen LogP contribution in [0.2, 0.25) is 0 Å². The number of benzene rings is 1. The average Bonchev–Trinajstić information content (AvgIpc) is 2.84. The average molecular weight is 505 g/mol. The topological polar surface area (TPSA) is 24.9 Å². The highest BCUT2D eigenvalue weighted by molar-refractivity contribution is 5.47. The molecule has 0 aliphatic rings. The molecule has 0 heterocycles. The lowest BCUT2D eigenvalue weighted by atomic mass is 10.0. The molecule has 0 atom stereocenters. The number of ether oxygens (including phenoxy) is 2. The molecule has 0 aliphatic heterocycles. The third-order valence-electron chi connectivity index (χ3n) is 6.86. The molecule has 210 valence electrons. The summed E-state index contributed by atoms with van der Waals surface area (Å²) in [5, 5.41) is 0. The quantitative estimate of drug-likeness (QED) is 0.133. The summed E-state index contributed by atoms with van der Waals surface area (Å²) < 4.78 is 12.9. The van der Waals surface area contributed by atoms with Gasteiger partial charge in [0.1, 0.15) is 11.5 Å². The van der Waals surface area contributed by atoms with Gasteiger partial charge in [-0.05, 0) is 103 Å². The second-order valence-corrected chi connectivity index (χ2v) is 11.1. The van der Waals surface area contributed by atoms with Crippen LogP contribution in [0.15, 0.2) is 12.1 Å². The first-order valence-electron chi connectivity index (χ1n) is 15.2. The fourth-order valence-electron chi connectivity index (χ4n) is 4.60. The molecule has 1 aromatic rings. The van der Waals surface area contributed by atoms with Gasteiger partial charge in [0.05, 0.1) is 13.2 Å². The minimum Gasteiger partial charge on any atom is -0.493 e. The molecule has 4 nitrogen and oxygen atoms in total. The van der Waals surface area contributed by atoms with E-state index in [9.17, 15) is 0 Å². The number of rotatable bonds is 24. The zero-order valence-corrected chi connectivity index (χ0v) is 25.0. The van der Waals surface area contributed by atoms with Crippen molar-refractivity contribution in [2.45, 2.75) is 117 Å². The number of nitrogens with zero attached hydrogens (tertiary/aromatic N) is 2. The second kappa shape index (κ2) is 21.8. The summed E-state index contributed by atoms with van der Waals surface area (Å²) >= 11 is 0. The first-order chi connectivity index (χ1) is 17.5. The van der Waals surface area contributed by atoms with E-state index in [-0.39, 0.29) is 0 Å². The number of aryl methyl sites for hydroxylation is 2. The molecule has 4 heteroatoms. The van der Waals surface area contributed by atoms with Gasteiger partial charge in [0.25, 0.3) is 0 Å². The maximum atomic E-state index is 6.43. The normalized spacial score (nSPS) is 11.6. The van der Waals surface area contributed by atoms with Crippen LogP contribution in [-0.4, -0.2) is 64.3 Å². The maximum absolute atomic E-state index is 6.43. The SMILES string of the molecule is CCCCCCCCOc1cc(CCCN(C)C)c(OCCCCCCCC)cc1CCCN(C)C. The van der Waals surface area contributed by atoms with Crippen molar-refractivity contribution >= 4 is 0 Å². The largest absolute Gasteiger partial charge is 0.493 e. The van der Waals surface area contributed by atoms with Gasteiger partial charge in [0.15, 0.2) is 0 Å². The lowest BCUT2D eigenvalue weighted by Gasteiger charge is -2.19. The summed E-state index contributed by atoms with van der Waals surface area (Å²) in [6.45, 7) is 8.38. The monoisotopic (exact) mass is 504 g/mol. The molecule has 0 fully saturated rings. The van der Waals surface area contributed by atoms with Gasteiger partial charge in [0.2, 0.25) is 0 Å². The summed E-state index contributed by atoms with van der Waals surface area (Å²) in [7, 11) is 8.61. The minimum absolute atomic E-state index is 0.821. The molecule has 36 heavy (non-hydrogen) atoms. The van der Waals surface area contributed by atoms with E-state index in [4.69, 9.17) is 9.47 Å². The van der Waals surface area contributed by atoms with Crippen LogP contribution in [0.25, 0.3) is 0 Å². The maximum Gasteiger partial charge on any atom is 0.123 e. The Morgan fingerprint density at radius 2 is 0.861 bits per heavy atom. The highest BCUT2D eigenvalue weighted by Crippen LogP contribution is 2.32. The Morgan fingerprint density at radius 1 is 0.500 bits per heavy atom. The van der Waals surface area contributed by atoms with E-state index in [1.54, 1.807) is 0 Å². The van der Waals surface area contributed by atoms with E-state index < -0.39 is 0 Å². The molecule has 0 bridgehead atoms. The van der Waals surface area contributed by atoms with E-state index in [1.807, 2.05) is 0 Å². The van der Waals surface area contributed by atoms with Gasteiger partial charge in [-0.3, -0.25) is 0 Å². The smallest absolute Gasteiger partial charge is 0.123 e. The van der Waals surface area contributed by atoms with Gasteiger partial charge in [-0.1, -0.05) is 78.1 Å². The Bertz CT molecular complexity index is 590. The Morgan fingerprint density at radius 3 is 1.22 bits per heavy atom. The molecule has 0 radical (unpaired) electrons. The molecule has 0 spiro atoms. The Kier molecular flexibility index (Phi) is 19.8. The summed E-state index contributed by atoms with van der Waals surface area (Å²) in [4.78, 5) is 4.53. The molecule has 0 unspecified atom stereocenters. The Hall–Kier alpha value is -1.26. The molecule has 0 saturated heterocycles. The first-order valence-corrected chi connectivity index (χ1v) is 15.2. The van der Waals surface area contributed by atoms with Gasteiger partial charge in [-0.25, -0.2) is 0 Å². The van der Waals surface area contributed by atoms with E-state index >= 15 is 0 Å². The lowest BCUT2D eigenvalue weighted by molar-refractivity contribution is 0.290. The van der Waals surface area contributed by atoms with E-state index in [2.05, 4.69) is 64.0 Å². The molecular formula is C32H60N2O2. The van der Waals surface area contributed by atoms with E-state index in [0.29, 0.717) is 0 Å². The van der Waals surface area contributed by atoms with Crippen molar-refractivity contribution in [1.82, 2.24) is 9.80 Å². The highest BCUT2D eigenvalue weighted by Gasteiger charge is 2.13. The van der Waals surface area contributed by atoms with E-state index in [1.165, 1.54) is 75.3 Å². The zero-order chi connectivity index (χ0) is 26.4. The molecule has 1 rings (SSSR count). The van der Waals surface area contributed by atoms with Crippen molar-refractivity contribution in [3.63, 3.8) is 0 Å². The van der Waals surface area contributed by atoms with Crippen LogP contribution in [0.5, 0.6) is 11.5 Å². The van der Waals surface area contributed by atoms with Gasteiger partial charge < -0.3 is 19.3 Å². The van der Waals surface area contributed by atoms with Crippen molar-refractivity contribution in [2.24, 2.45) is 0 Å². The summed E-state index contributed by atoms with van der Waals surface area (Å²) in [6.07, 6.45) is 19.9. The van der Waals surface area contributed by atoms with Gasteiger partial charge in [-0.2, -0.15) is 0 Å². The molecule has 1 aromatic carbocycles. The summed E-state index contributed by atoms with van der Waals surface area (Å²) in [6, 6.07) is 4.63. The van der Waals surface area contributed by atoms with Crippen LogP contribution in [0, 0.1) is 0 Å². The van der Waals surface area contributed by atoms with Crippen LogP contribution in [0.1, 0.15) is 115 Å². The van der Waals surface area contributed by atoms with Crippen LogP contribution in [0.4, 0.5) is 0 Å². The predicted octanol–water partition coefficient (Wildman–Crippen LogP) is 8.15. The molecule has 0 N–H and O–H groups in total. The fourth-order valence-corrected chi connectivity index (χ4v) is 4.60. The third-order valence-corrected chi connectivity index (χ3v) is 6.86. The minimum atomic E-state index is 0.821. The van der Waals surface area contributed by atoms with Crippen LogP contribution < -0.4 is 9.47 Å². The third kappa shape index (κ3) is 16.5. The van der Waals surface area contributed by atoms with Crippen LogP contribution in [-0.2, 0) is 12.8 Å². The fraction of sp³-hybridized carbons (Fsp3) is 0.812. The summed E-state index contributed by atoms with van der Waals surface area (Å²) in [5.74, 6) is 2.18. The van der Waals surface area contributed by atoms with Crippen molar-refractivity contribution in [2.75, 3.05) is 54.5 Å². The standard InChI is InChI=1S/C32H60N2O2/c1-7-9-11-13-15-17-25-35-31-27-30(22-20-24-34(5)6)32(28-29(31)21-19-23-33(3)4)36-26-18-16-14-12-10-8-2/h27-28H,7-26H2,1-6H3. The molecular weight excluding hydrogens is 444 g/mol. The molecule has 0 aliphatic carbocycles. The van der Waals surface area contributed by atoms with Crippen molar-refractivity contribution in [3.05, 3.63) is 23.3 Å². The number of hydrogen-bond acceptors (Lipinski definition) is 4. The van der Waals surface area contributed by atoms with Crippen molar-refractivity contribution < 1.29 is 9.47 Å². The van der Waals surface area contributed by atoms with Gasteiger partial charge >= 0.3 is 0 Å². The van der Waals surface area contributed by atoms with Gasteiger partial charge in [-0.15, -0.1) is 0 Å². The molecule has 0 amide bonds. The summed E-state index contributed by atoms with van der Waals surface area (Å²) in [5.41, 5.74) is 2.63. The Labute approximate surface area is 225 Å². The zero-order valence-electron chi connectivity index (χ0n) is 25.0. The van der Waals surface area contributed by atoms with E-state index in [0.717, 1.165) is 76.3 Å². The Balaban J connectivity index is 2.86. The van der Waals surface area contributed by atoms with Crippen molar-refractivity contribution in [1.29, 1.82) is 0 Å².